The average molecular weight is 469 g/mol. The van der Waals surface area contributed by atoms with Crippen molar-refractivity contribution in [3.8, 4) is 5.75 Å². The lowest BCUT2D eigenvalue weighted by atomic mass is 9.95. The fourth-order valence-corrected chi connectivity index (χ4v) is 4.31. The van der Waals surface area contributed by atoms with Gasteiger partial charge in [0.2, 0.25) is 0 Å². The van der Waals surface area contributed by atoms with Gasteiger partial charge in [-0.1, -0.05) is 37.3 Å². The third-order valence-electron chi connectivity index (χ3n) is 6.08. The van der Waals surface area contributed by atoms with E-state index in [0.29, 0.717) is 37.7 Å². The number of hydrogen-bond donors (Lipinski definition) is 1. The summed E-state index contributed by atoms with van der Waals surface area (Å²) < 4.78 is 25.9. The number of hydrogen-bond acceptors (Lipinski definition) is 6. The lowest BCUT2D eigenvalue weighted by molar-refractivity contribution is -0.140. The number of benzene rings is 2. The van der Waals surface area contributed by atoms with Crippen molar-refractivity contribution in [2.24, 2.45) is 0 Å². The highest BCUT2D eigenvalue weighted by Crippen LogP contribution is 2.40. The summed E-state index contributed by atoms with van der Waals surface area (Å²) in [5.74, 6) is -1.93. The van der Waals surface area contributed by atoms with Gasteiger partial charge in [-0.3, -0.25) is 14.5 Å². The van der Waals surface area contributed by atoms with Crippen LogP contribution in [0.5, 0.6) is 5.75 Å². The second kappa shape index (κ2) is 10.8. The van der Waals surface area contributed by atoms with Crippen LogP contribution in [0.1, 0.15) is 30.5 Å². The molecule has 2 heterocycles. The van der Waals surface area contributed by atoms with Crippen LogP contribution >= 0.6 is 0 Å². The number of ketones is 1. The molecule has 2 fully saturated rings. The van der Waals surface area contributed by atoms with Gasteiger partial charge in [0.15, 0.2) is 0 Å². The van der Waals surface area contributed by atoms with Crippen molar-refractivity contribution in [2.45, 2.75) is 19.4 Å². The van der Waals surface area contributed by atoms with Crippen LogP contribution in [0, 0.1) is 5.82 Å². The van der Waals surface area contributed by atoms with E-state index >= 15 is 0 Å². The molecule has 2 aromatic rings. The molecule has 0 aliphatic carbocycles. The van der Waals surface area contributed by atoms with E-state index in [1.54, 1.807) is 42.5 Å². The fourth-order valence-electron chi connectivity index (χ4n) is 4.31. The van der Waals surface area contributed by atoms with Crippen molar-refractivity contribution >= 4 is 17.4 Å². The maximum absolute atomic E-state index is 14.9. The molecule has 4 rings (SSSR count). The number of amides is 1. The second-order valence-corrected chi connectivity index (χ2v) is 8.34. The summed E-state index contributed by atoms with van der Waals surface area (Å²) in [7, 11) is 0. The molecule has 0 spiro atoms. The summed E-state index contributed by atoms with van der Waals surface area (Å²) in [6.45, 7) is 5.87. The number of ether oxygens (including phenoxy) is 2. The number of Topliss-reactive ketones (excluding diaryl/α,β-unsaturated/α-hetero) is 1. The van der Waals surface area contributed by atoms with Gasteiger partial charge in [-0.25, -0.2) is 4.39 Å². The van der Waals surface area contributed by atoms with Crippen LogP contribution in [0.25, 0.3) is 5.76 Å². The summed E-state index contributed by atoms with van der Waals surface area (Å²) in [5.41, 5.74) is 0.384. The number of halogens is 1. The van der Waals surface area contributed by atoms with Crippen LogP contribution in [-0.4, -0.2) is 72.6 Å². The quantitative estimate of drug-likeness (QED) is 0.364. The molecule has 7 nitrogen and oxygen atoms in total. The van der Waals surface area contributed by atoms with Crippen molar-refractivity contribution < 1.29 is 28.6 Å². The Morgan fingerprint density at radius 2 is 1.88 bits per heavy atom. The number of morpholine rings is 1. The maximum atomic E-state index is 14.9. The first-order valence-electron chi connectivity index (χ1n) is 11.6. The van der Waals surface area contributed by atoms with Gasteiger partial charge in [-0.05, 0) is 24.6 Å². The smallest absolute Gasteiger partial charge is 0.295 e. The van der Waals surface area contributed by atoms with E-state index in [1.807, 2.05) is 6.92 Å². The molecule has 0 saturated carbocycles. The van der Waals surface area contributed by atoms with Crippen LogP contribution in [-0.2, 0) is 14.3 Å². The number of nitrogens with zero attached hydrogens (tertiary/aromatic N) is 2. The Balaban J connectivity index is 1.73. The first-order chi connectivity index (χ1) is 16.5. The monoisotopic (exact) mass is 468 g/mol. The Morgan fingerprint density at radius 1 is 1.12 bits per heavy atom. The largest absolute Gasteiger partial charge is 0.507 e. The molecule has 2 saturated heterocycles. The second-order valence-electron chi connectivity index (χ2n) is 8.34. The molecule has 8 heteroatoms. The van der Waals surface area contributed by atoms with Crippen LogP contribution in [0.15, 0.2) is 54.1 Å². The minimum Gasteiger partial charge on any atom is -0.507 e. The van der Waals surface area contributed by atoms with Crippen LogP contribution in [0.2, 0.25) is 0 Å². The number of carbonyl (C=O) groups is 2. The number of aliphatic hydroxyl groups is 1. The number of likely N-dealkylation sites (tertiary alicyclic amines) is 1. The molecule has 1 N–H and O–H groups in total. The van der Waals surface area contributed by atoms with Gasteiger partial charge in [0, 0.05) is 37.3 Å². The molecule has 0 radical (unpaired) electrons. The normalized spacial score (nSPS) is 20.6. The highest BCUT2D eigenvalue weighted by atomic mass is 19.1. The molecule has 1 unspecified atom stereocenters. The molecule has 0 aromatic heterocycles. The first-order valence-corrected chi connectivity index (χ1v) is 11.6. The lowest BCUT2D eigenvalue weighted by Gasteiger charge is -2.31. The van der Waals surface area contributed by atoms with E-state index in [-0.39, 0.29) is 23.4 Å². The third-order valence-corrected chi connectivity index (χ3v) is 6.08. The summed E-state index contributed by atoms with van der Waals surface area (Å²) >= 11 is 0. The van der Waals surface area contributed by atoms with Crippen molar-refractivity contribution in [1.29, 1.82) is 0 Å². The third kappa shape index (κ3) is 4.98. The van der Waals surface area contributed by atoms with Gasteiger partial charge in [-0.15, -0.1) is 0 Å². The van der Waals surface area contributed by atoms with Crippen molar-refractivity contribution in [3.05, 3.63) is 71.0 Å². The summed E-state index contributed by atoms with van der Waals surface area (Å²) in [5, 5.41) is 11.2. The van der Waals surface area contributed by atoms with Crippen molar-refractivity contribution in [2.75, 3.05) is 46.0 Å². The molecule has 1 amide bonds. The van der Waals surface area contributed by atoms with Crippen molar-refractivity contribution in [1.82, 2.24) is 9.80 Å². The van der Waals surface area contributed by atoms with Gasteiger partial charge in [0.1, 0.15) is 17.3 Å². The Hall–Kier alpha value is -3.23. The first kappa shape index (κ1) is 23.9. The van der Waals surface area contributed by atoms with E-state index in [0.717, 1.165) is 19.5 Å². The number of aliphatic hydroxyl groups excluding tert-OH is 1. The lowest BCUT2D eigenvalue weighted by Crippen LogP contribution is -2.42. The minimum absolute atomic E-state index is 0.121. The number of rotatable bonds is 8. The Bertz CT molecular complexity index is 1080. The predicted octanol–water partition coefficient (Wildman–Crippen LogP) is 3.37. The molecule has 1 atom stereocenters. The molecule has 2 aromatic carbocycles. The predicted molar refractivity (Wildman–Crippen MR) is 125 cm³/mol. The van der Waals surface area contributed by atoms with Gasteiger partial charge in [-0.2, -0.15) is 0 Å². The molecule has 2 aliphatic heterocycles. The summed E-state index contributed by atoms with van der Waals surface area (Å²) in [4.78, 5) is 29.7. The average Bonchev–Trinajstić information content (AvgIpc) is 3.11. The molecular formula is C26H29FN2O5. The molecule has 180 valence electrons. The van der Waals surface area contributed by atoms with E-state index in [9.17, 15) is 19.1 Å². The van der Waals surface area contributed by atoms with Gasteiger partial charge >= 0.3 is 0 Å². The zero-order valence-corrected chi connectivity index (χ0v) is 19.2. The Kier molecular flexibility index (Phi) is 7.59. The van der Waals surface area contributed by atoms with E-state index in [2.05, 4.69) is 4.90 Å². The standard InChI is InChI=1S/C26H29FN2O5/c1-2-14-34-19-7-5-6-18(17-19)24(30)22-23(20-8-3-4-9-21(20)27)29(26(32)25(22)31)11-10-28-12-15-33-16-13-28/h3-9,17,23,30H,2,10-16H2,1H3. The highest BCUT2D eigenvalue weighted by Gasteiger charge is 2.46. The van der Waals surface area contributed by atoms with E-state index < -0.39 is 23.5 Å². The van der Waals surface area contributed by atoms with Gasteiger partial charge in [0.25, 0.3) is 11.7 Å². The fraction of sp³-hybridized carbons (Fsp3) is 0.385. The topological polar surface area (TPSA) is 79.3 Å². The molecular weight excluding hydrogens is 439 g/mol. The Morgan fingerprint density at radius 3 is 2.62 bits per heavy atom. The molecule has 2 aliphatic rings. The zero-order chi connectivity index (χ0) is 24.1. The van der Waals surface area contributed by atoms with Gasteiger partial charge in [0.05, 0.1) is 31.4 Å². The number of carbonyl (C=O) groups excluding carboxylic acids is 2. The van der Waals surface area contributed by atoms with Crippen LogP contribution in [0.3, 0.4) is 0 Å². The SMILES string of the molecule is CCCOc1cccc(C(O)=C2C(=O)C(=O)N(CCN3CCOCC3)C2c2ccccc2F)c1. The van der Waals surface area contributed by atoms with Crippen molar-refractivity contribution in [3.63, 3.8) is 0 Å². The highest BCUT2D eigenvalue weighted by molar-refractivity contribution is 6.46. The molecule has 0 bridgehead atoms. The van der Waals surface area contributed by atoms with Crippen LogP contribution in [0.4, 0.5) is 4.39 Å². The van der Waals surface area contributed by atoms with E-state index in [4.69, 9.17) is 9.47 Å². The Labute approximate surface area is 198 Å². The maximum Gasteiger partial charge on any atom is 0.295 e. The minimum atomic E-state index is -1.03. The van der Waals surface area contributed by atoms with Crippen LogP contribution < -0.4 is 4.74 Å². The summed E-state index contributed by atoms with van der Waals surface area (Å²) in [6.07, 6.45) is 0.817. The van der Waals surface area contributed by atoms with Gasteiger partial charge < -0.3 is 19.5 Å². The van der Waals surface area contributed by atoms with E-state index in [1.165, 1.54) is 11.0 Å². The summed E-state index contributed by atoms with van der Waals surface area (Å²) in [6, 6.07) is 11.7. The zero-order valence-electron chi connectivity index (χ0n) is 19.2. The molecule has 34 heavy (non-hydrogen) atoms.